The minimum atomic E-state index is -1.23. The number of piperidine rings is 1. The van der Waals surface area contributed by atoms with E-state index in [4.69, 9.17) is 4.74 Å². The molecule has 1 fully saturated rings. The van der Waals surface area contributed by atoms with Gasteiger partial charge >= 0.3 is 5.97 Å². The zero-order valence-electron chi connectivity index (χ0n) is 15.4. The summed E-state index contributed by atoms with van der Waals surface area (Å²) in [4.78, 5) is 39.3. The van der Waals surface area contributed by atoms with Crippen molar-refractivity contribution in [2.75, 3.05) is 13.7 Å². The van der Waals surface area contributed by atoms with Crippen LogP contribution in [0.15, 0.2) is 54.6 Å². The highest BCUT2D eigenvalue weighted by molar-refractivity contribution is 6.00. The molecule has 0 bridgehead atoms. The summed E-state index contributed by atoms with van der Waals surface area (Å²) in [7, 11) is 1.20. The Hall–Kier alpha value is -3.22. The van der Waals surface area contributed by atoms with Gasteiger partial charge in [0.1, 0.15) is 12.0 Å². The number of amides is 1. The van der Waals surface area contributed by atoms with E-state index in [2.05, 4.69) is 0 Å². The third-order valence-electron chi connectivity index (χ3n) is 5.81. The van der Waals surface area contributed by atoms with Crippen molar-refractivity contribution < 1.29 is 19.2 Å². The molecule has 7 nitrogen and oxygen atoms in total. The first kappa shape index (κ1) is 18.2. The van der Waals surface area contributed by atoms with Crippen LogP contribution in [0.2, 0.25) is 0 Å². The number of hydrogen-bond acceptors (Lipinski definition) is 5. The van der Waals surface area contributed by atoms with Gasteiger partial charge in [0.05, 0.1) is 13.0 Å². The van der Waals surface area contributed by atoms with Gasteiger partial charge in [0.2, 0.25) is 11.9 Å². The zero-order chi connectivity index (χ0) is 19.8. The van der Waals surface area contributed by atoms with Gasteiger partial charge in [-0.15, -0.1) is 0 Å². The number of fused-ring (bicyclic) bond motifs is 3. The summed E-state index contributed by atoms with van der Waals surface area (Å²) in [5.74, 6) is -3.27. The van der Waals surface area contributed by atoms with Crippen molar-refractivity contribution in [3.8, 4) is 0 Å². The van der Waals surface area contributed by atoms with E-state index in [1.54, 1.807) is 30.3 Å². The van der Waals surface area contributed by atoms with Crippen molar-refractivity contribution in [1.29, 1.82) is 0 Å². The number of nitro groups is 1. The Morgan fingerprint density at radius 1 is 1.14 bits per heavy atom. The van der Waals surface area contributed by atoms with Crippen LogP contribution in [0.25, 0.3) is 0 Å². The monoisotopic (exact) mass is 380 g/mol. The predicted molar refractivity (Wildman–Crippen MR) is 100 cm³/mol. The number of carbonyl (C=O) groups excluding carboxylic acids is 2. The first-order chi connectivity index (χ1) is 13.5. The fraction of sp³-hybridized carbons (Fsp3) is 0.333. The number of rotatable bonds is 3. The summed E-state index contributed by atoms with van der Waals surface area (Å²) in [5.41, 5.74) is 2.38. The molecule has 4 rings (SSSR count). The van der Waals surface area contributed by atoms with Gasteiger partial charge in [-0.2, -0.15) is 0 Å². The maximum atomic E-state index is 13.3. The third kappa shape index (κ3) is 2.74. The third-order valence-corrected chi connectivity index (χ3v) is 5.81. The molecule has 0 saturated carbocycles. The van der Waals surface area contributed by atoms with Gasteiger partial charge in [-0.1, -0.05) is 54.6 Å². The topological polar surface area (TPSA) is 89.8 Å². The lowest BCUT2D eigenvalue weighted by Gasteiger charge is -2.46. The number of hydrogen-bond donors (Lipinski definition) is 0. The number of methoxy groups -OCH3 is 1. The molecule has 144 valence electrons. The molecule has 2 aromatic rings. The van der Waals surface area contributed by atoms with Crippen LogP contribution in [0, 0.1) is 16.0 Å². The number of nitrogens with zero attached hydrogens (tertiary/aromatic N) is 2. The van der Waals surface area contributed by atoms with Crippen LogP contribution < -0.4 is 0 Å². The Kier molecular flexibility index (Phi) is 4.58. The van der Waals surface area contributed by atoms with Gasteiger partial charge in [-0.05, 0) is 23.1 Å². The molecule has 1 amide bonds. The lowest BCUT2D eigenvalue weighted by molar-refractivity contribution is -0.539. The average Bonchev–Trinajstić information content (AvgIpc) is 2.73. The van der Waals surface area contributed by atoms with Crippen LogP contribution in [0.1, 0.15) is 28.7 Å². The molecule has 7 heteroatoms. The molecule has 0 unspecified atom stereocenters. The van der Waals surface area contributed by atoms with Crippen molar-refractivity contribution in [3.05, 3.63) is 81.4 Å². The second-order valence-corrected chi connectivity index (χ2v) is 7.14. The van der Waals surface area contributed by atoms with Crippen molar-refractivity contribution in [2.24, 2.45) is 5.92 Å². The first-order valence-corrected chi connectivity index (χ1v) is 9.19. The molecule has 2 aliphatic rings. The van der Waals surface area contributed by atoms with E-state index in [0.29, 0.717) is 18.5 Å². The molecule has 0 spiro atoms. The zero-order valence-corrected chi connectivity index (χ0v) is 15.4. The van der Waals surface area contributed by atoms with Gasteiger partial charge in [0.25, 0.3) is 0 Å². The highest BCUT2D eigenvalue weighted by Gasteiger charge is 2.59. The molecule has 2 aliphatic heterocycles. The Morgan fingerprint density at radius 3 is 2.50 bits per heavy atom. The second kappa shape index (κ2) is 7.07. The van der Waals surface area contributed by atoms with Crippen LogP contribution >= 0.6 is 0 Å². The fourth-order valence-corrected chi connectivity index (χ4v) is 4.63. The van der Waals surface area contributed by atoms with E-state index < -0.39 is 35.8 Å². The summed E-state index contributed by atoms with van der Waals surface area (Å²) in [6.07, 6.45) is 0.604. The Balaban J connectivity index is 1.92. The predicted octanol–water partition coefficient (Wildman–Crippen LogP) is 2.34. The smallest absolute Gasteiger partial charge is 0.319 e. The van der Waals surface area contributed by atoms with Crippen LogP contribution in [0.3, 0.4) is 0 Å². The highest BCUT2D eigenvalue weighted by atomic mass is 16.6. The van der Waals surface area contributed by atoms with Crippen LogP contribution in [-0.4, -0.2) is 41.4 Å². The molecule has 1 saturated heterocycles. The first-order valence-electron chi connectivity index (χ1n) is 9.19. The number of carbonyl (C=O) groups is 2. The van der Waals surface area contributed by atoms with Crippen LogP contribution in [0.4, 0.5) is 0 Å². The van der Waals surface area contributed by atoms with Gasteiger partial charge in [0, 0.05) is 11.5 Å². The van der Waals surface area contributed by atoms with E-state index >= 15 is 0 Å². The van der Waals surface area contributed by atoms with Gasteiger partial charge in [0.15, 0.2) is 0 Å². The molecule has 28 heavy (non-hydrogen) atoms. The Labute approximate surface area is 162 Å². The largest absolute Gasteiger partial charge is 0.468 e. The number of benzene rings is 2. The Morgan fingerprint density at radius 2 is 1.82 bits per heavy atom. The molecular weight excluding hydrogens is 360 g/mol. The van der Waals surface area contributed by atoms with E-state index in [1.165, 1.54) is 12.0 Å². The minimum Gasteiger partial charge on any atom is -0.468 e. The van der Waals surface area contributed by atoms with E-state index in [-0.39, 0.29) is 4.92 Å². The maximum absolute atomic E-state index is 13.3. The van der Waals surface area contributed by atoms with Gasteiger partial charge in [-0.3, -0.25) is 19.7 Å². The van der Waals surface area contributed by atoms with E-state index in [9.17, 15) is 19.7 Å². The summed E-state index contributed by atoms with van der Waals surface area (Å²) in [6, 6.07) is 14.4. The molecule has 2 heterocycles. The van der Waals surface area contributed by atoms with Crippen molar-refractivity contribution in [3.63, 3.8) is 0 Å². The number of ether oxygens (including phenoxy) is 1. The summed E-state index contributed by atoms with van der Waals surface area (Å²) < 4.78 is 4.88. The van der Waals surface area contributed by atoms with Crippen molar-refractivity contribution in [1.82, 2.24) is 4.90 Å². The molecule has 0 aromatic heterocycles. The molecular formula is C21H20N2O5. The van der Waals surface area contributed by atoms with E-state index in [1.807, 2.05) is 24.3 Å². The Bertz CT molecular complexity index is 929. The molecule has 4 atom stereocenters. The standard InChI is InChI=1S/C21H20N2O5/c1-28-21(25)17-16(14-8-3-2-4-9-14)19(23(26)27)18-15-10-6-5-7-13(15)11-12-22(18)20(17)24/h2-10,16-19H,11-12H2,1H3/t16-,17-,18-,19+/m0/s1. The number of esters is 1. The maximum Gasteiger partial charge on any atom is 0.319 e. The van der Waals surface area contributed by atoms with Gasteiger partial charge < -0.3 is 9.64 Å². The lowest BCUT2D eigenvalue weighted by atomic mass is 9.70. The highest BCUT2D eigenvalue weighted by Crippen LogP contribution is 2.47. The minimum absolute atomic E-state index is 0.347. The second-order valence-electron chi connectivity index (χ2n) is 7.14. The normalized spacial score (nSPS) is 26.2. The van der Waals surface area contributed by atoms with Crippen molar-refractivity contribution in [2.45, 2.75) is 24.4 Å². The average molecular weight is 380 g/mol. The van der Waals surface area contributed by atoms with Crippen LogP contribution in [-0.2, 0) is 20.7 Å². The lowest BCUT2D eigenvalue weighted by Crippen LogP contribution is -2.60. The molecule has 0 N–H and O–H groups in total. The molecule has 2 aromatic carbocycles. The van der Waals surface area contributed by atoms with E-state index in [0.717, 1.165) is 11.1 Å². The van der Waals surface area contributed by atoms with Crippen LogP contribution in [0.5, 0.6) is 0 Å². The summed E-state index contributed by atoms with van der Waals surface area (Å²) in [6.45, 7) is 0.347. The SMILES string of the molecule is COC(=O)[C@@H]1C(=O)N2CCc3ccccc3[C@H]2[C@H]([N+](=O)[O-])[C@H]1c1ccccc1. The summed E-state index contributed by atoms with van der Waals surface area (Å²) in [5, 5.41) is 12.3. The quantitative estimate of drug-likeness (QED) is 0.353. The fourth-order valence-electron chi connectivity index (χ4n) is 4.63. The molecule has 0 aliphatic carbocycles. The van der Waals surface area contributed by atoms with Gasteiger partial charge in [-0.25, -0.2) is 0 Å². The summed E-state index contributed by atoms with van der Waals surface area (Å²) >= 11 is 0. The van der Waals surface area contributed by atoms with Crippen molar-refractivity contribution >= 4 is 11.9 Å². The molecule has 0 radical (unpaired) electrons.